The summed E-state index contributed by atoms with van der Waals surface area (Å²) < 4.78 is 28.1. The smallest absolute Gasteiger partial charge is 0.245 e. The zero-order valence-electron chi connectivity index (χ0n) is 12.8. The third-order valence-corrected chi connectivity index (χ3v) is 8.05. The fourth-order valence-corrected chi connectivity index (χ4v) is 6.61. The molecule has 0 unspecified atom stereocenters. The van der Waals surface area contributed by atoms with Gasteiger partial charge in [-0.15, -0.1) is 11.3 Å². The monoisotopic (exact) mass is 395 g/mol. The Kier molecular flexibility index (Phi) is 5.17. The first-order valence-electron chi connectivity index (χ1n) is 6.82. The Morgan fingerprint density at radius 2 is 2.10 bits per heavy atom. The molecule has 1 aromatic heterocycles. The first-order valence-corrected chi connectivity index (χ1v) is 9.87. The van der Waals surface area contributed by atoms with Crippen LogP contribution in [0.4, 0.5) is 0 Å². The van der Waals surface area contributed by atoms with E-state index in [0.717, 1.165) is 11.4 Å². The van der Waals surface area contributed by atoms with Crippen molar-refractivity contribution in [3.05, 3.63) is 14.7 Å². The average Bonchev–Trinajstić information content (AvgIpc) is 2.74. The summed E-state index contributed by atoms with van der Waals surface area (Å²) in [6, 6.07) is 1.77. The van der Waals surface area contributed by atoms with Crippen LogP contribution in [0.2, 0.25) is 0 Å². The number of rotatable bonds is 4. The van der Waals surface area contributed by atoms with E-state index in [1.165, 1.54) is 11.3 Å². The van der Waals surface area contributed by atoms with Gasteiger partial charge in [0.05, 0.1) is 3.79 Å². The van der Waals surface area contributed by atoms with Crippen LogP contribution in [0, 0.1) is 0 Å². The van der Waals surface area contributed by atoms with E-state index < -0.39 is 10.0 Å². The van der Waals surface area contributed by atoms with E-state index in [1.54, 1.807) is 10.4 Å². The highest BCUT2D eigenvalue weighted by Gasteiger charge is 2.38. The zero-order chi connectivity index (χ0) is 15.8. The lowest BCUT2D eigenvalue weighted by molar-refractivity contribution is 0.0801. The van der Waals surface area contributed by atoms with Crippen molar-refractivity contribution in [2.45, 2.75) is 30.8 Å². The molecule has 0 radical (unpaired) electrons. The highest BCUT2D eigenvalue weighted by atomic mass is 79.9. The summed E-state index contributed by atoms with van der Waals surface area (Å²) in [6.45, 7) is 6.61. The van der Waals surface area contributed by atoms with Crippen molar-refractivity contribution in [3.8, 4) is 0 Å². The molecular formula is C13H22BrN3O2S2. The number of thiophene rings is 1. The lowest BCUT2D eigenvalue weighted by Gasteiger charge is -2.44. The Bertz CT molecular complexity index is 613. The molecule has 1 aromatic rings. The maximum atomic E-state index is 12.9. The van der Waals surface area contributed by atoms with E-state index >= 15 is 0 Å². The summed E-state index contributed by atoms with van der Waals surface area (Å²) in [6.07, 6.45) is 0. The minimum Gasteiger partial charge on any atom is -0.315 e. The van der Waals surface area contributed by atoms with Gasteiger partial charge in [-0.3, -0.25) is 4.90 Å². The van der Waals surface area contributed by atoms with Crippen LogP contribution in [-0.2, 0) is 16.6 Å². The molecule has 1 aliphatic rings. The maximum absolute atomic E-state index is 12.9. The van der Waals surface area contributed by atoms with Gasteiger partial charge >= 0.3 is 0 Å². The molecule has 8 heteroatoms. The standard InChI is InChI=1S/C13H22BrN3O2S2/c1-13(2)9-17(6-5-16(13)4)21(18,19)11-7-10(8-15-3)20-12(11)14/h7,15H,5-6,8-9H2,1-4H3. The SMILES string of the molecule is CNCc1cc(S(=O)(=O)N2CCN(C)C(C)(C)C2)c(Br)s1. The van der Waals surface area contributed by atoms with Gasteiger partial charge in [-0.25, -0.2) is 8.42 Å². The van der Waals surface area contributed by atoms with Crippen molar-refractivity contribution in [3.63, 3.8) is 0 Å². The number of likely N-dealkylation sites (N-methyl/N-ethyl adjacent to an activating group) is 1. The summed E-state index contributed by atoms with van der Waals surface area (Å²) in [5.41, 5.74) is -0.151. The van der Waals surface area contributed by atoms with Gasteiger partial charge in [0.15, 0.2) is 0 Å². The fraction of sp³-hybridized carbons (Fsp3) is 0.692. The Hall–Kier alpha value is 0.01000. The molecule has 0 amide bonds. The molecule has 1 fully saturated rings. The van der Waals surface area contributed by atoms with Gasteiger partial charge < -0.3 is 5.32 Å². The lowest BCUT2D eigenvalue weighted by atomic mass is 10.0. The molecule has 0 aliphatic carbocycles. The van der Waals surface area contributed by atoms with Gasteiger partial charge in [0.25, 0.3) is 0 Å². The Labute approximate surface area is 139 Å². The third kappa shape index (κ3) is 3.51. The van der Waals surface area contributed by atoms with Crippen LogP contribution >= 0.6 is 27.3 Å². The molecule has 120 valence electrons. The lowest BCUT2D eigenvalue weighted by Crippen LogP contribution is -2.58. The van der Waals surface area contributed by atoms with E-state index in [0.29, 0.717) is 28.3 Å². The van der Waals surface area contributed by atoms with Crippen LogP contribution in [0.15, 0.2) is 14.7 Å². The second kappa shape index (κ2) is 6.25. The molecule has 0 atom stereocenters. The summed E-state index contributed by atoms with van der Waals surface area (Å²) in [5.74, 6) is 0. The maximum Gasteiger partial charge on any atom is 0.245 e. The van der Waals surface area contributed by atoms with E-state index in [4.69, 9.17) is 0 Å². The second-order valence-electron chi connectivity index (χ2n) is 5.95. The molecule has 2 rings (SSSR count). The molecule has 0 spiro atoms. The number of piperazine rings is 1. The van der Waals surface area contributed by atoms with Crippen molar-refractivity contribution in [2.24, 2.45) is 0 Å². The van der Waals surface area contributed by atoms with E-state index in [-0.39, 0.29) is 5.54 Å². The van der Waals surface area contributed by atoms with Crippen LogP contribution < -0.4 is 5.32 Å². The molecule has 0 bridgehead atoms. The Balaban J connectivity index is 2.30. The largest absolute Gasteiger partial charge is 0.315 e. The zero-order valence-corrected chi connectivity index (χ0v) is 16.0. The molecule has 0 aromatic carbocycles. The molecule has 1 aliphatic heterocycles. The predicted octanol–water partition coefficient (Wildman–Crippen LogP) is 1.94. The Morgan fingerprint density at radius 3 is 2.67 bits per heavy atom. The normalized spacial score (nSPS) is 20.8. The van der Waals surface area contributed by atoms with Gasteiger partial charge in [0, 0.05) is 36.6 Å². The third-order valence-electron chi connectivity index (χ3n) is 3.96. The summed E-state index contributed by atoms with van der Waals surface area (Å²) in [4.78, 5) is 3.60. The van der Waals surface area contributed by atoms with Crippen LogP contribution in [0.3, 0.4) is 0 Å². The van der Waals surface area contributed by atoms with E-state index in [1.807, 2.05) is 14.1 Å². The van der Waals surface area contributed by atoms with Gasteiger partial charge in [-0.2, -0.15) is 4.31 Å². The van der Waals surface area contributed by atoms with Crippen molar-refractivity contribution in [2.75, 3.05) is 33.7 Å². The molecule has 5 nitrogen and oxygen atoms in total. The van der Waals surface area contributed by atoms with E-state index in [9.17, 15) is 8.42 Å². The molecule has 1 saturated heterocycles. The molecule has 0 saturated carbocycles. The first kappa shape index (κ1) is 17.4. The van der Waals surface area contributed by atoms with Crippen molar-refractivity contribution >= 4 is 37.3 Å². The van der Waals surface area contributed by atoms with Gasteiger partial charge in [0.1, 0.15) is 4.90 Å². The fourth-order valence-electron chi connectivity index (χ4n) is 2.37. The number of halogens is 1. The number of sulfonamides is 1. The number of hydrogen-bond donors (Lipinski definition) is 1. The first-order chi connectivity index (χ1) is 9.68. The molecule has 1 N–H and O–H groups in total. The van der Waals surface area contributed by atoms with Gasteiger partial charge in [-0.05, 0) is 49.9 Å². The van der Waals surface area contributed by atoms with Crippen molar-refractivity contribution in [1.82, 2.24) is 14.5 Å². The predicted molar refractivity (Wildman–Crippen MR) is 90.3 cm³/mol. The number of nitrogens with one attached hydrogen (secondary N) is 1. The topological polar surface area (TPSA) is 52.7 Å². The number of hydrogen-bond acceptors (Lipinski definition) is 5. The number of nitrogens with zero attached hydrogens (tertiary/aromatic N) is 2. The highest BCUT2D eigenvalue weighted by Crippen LogP contribution is 2.35. The van der Waals surface area contributed by atoms with Gasteiger partial charge in [0.2, 0.25) is 10.0 Å². The molecule has 2 heterocycles. The second-order valence-corrected chi connectivity index (χ2v) is 10.3. The van der Waals surface area contributed by atoms with E-state index in [2.05, 4.69) is 40.0 Å². The molecule has 21 heavy (non-hydrogen) atoms. The van der Waals surface area contributed by atoms with Crippen molar-refractivity contribution in [1.29, 1.82) is 0 Å². The quantitative estimate of drug-likeness (QED) is 0.846. The summed E-state index contributed by atoms with van der Waals surface area (Å²) in [5, 5.41) is 3.05. The van der Waals surface area contributed by atoms with Crippen LogP contribution in [-0.4, -0.2) is 56.9 Å². The average molecular weight is 396 g/mol. The summed E-state index contributed by atoms with van der Waals surface area (Å²) in [7, 11) is 0.447. The molecular weight excluding hydrogens is 374 g/mol. The highest BCUT2D eigenvalue weighted by molar-refractivity contribution is 9.11. The van der Waals surface area contributed by atoms with Crippen LogP contribution in [0.25, 0.3) is 0 Å². The Morgan fingerprint density at radius 1 is 1.43 bits per heavy atom. The summed E-state index contributed by atoms with van der Waals surface area (Å²) >= 11 is 4.87. The van der Waals surface area contributed by atoms with Crippen LogP contribution in [0.5, 0.6) is 0 Å². The van der Waals surface area contributed by atoms with Crippen molar-refractivity contribution < 1.29 is 8.42 Å². The minimum atomic E-state index is -3.44. The van der Waals surface area contributed by atoms with Crippen LogP contribution in [0.1, 0.15) is 18.7 Å². The minimum absolute atomic E-state index is 0.151. The van der Waals surface area contributed by atoms with Gasteiger partial charge in [-0.1, -0.05) is 0 Å².